The van der Waals surface area contributed by atoms with E-state index in [0.29, 0.717) is 5.92 Å². The molecule has 1 nitrogen and oxygen atoms in total. The normalized spacial score (nSPS) is 13.2. The van der Waals surface area contributed by atoms with Crippen LogP contribution >= 0.6 is 0 Å². The fraction of sp³-hybridized carbons (Fsp3) is 1.00. The van der Waals surface area contributed by atoms with Crippen LogP contribution in [0.3, 0.4) is 0 Å². The van der Waals surface area contributed by atoms with Gasteiger partial charge in [-0.2, -0.15) is 0 Å². The summed E-state index contributed by atoms with van der Waals surface area (Å²) in [5, 5.41) is 10.3. The van der Waals surface area contributed by atoms with Gasteiger partial charge >= 0.3 is 0 Å². The summed E-state index contributed by atoms with van der Waals surface area (Å²) in [6.45, 7) is 4.54. The Hall–Kier alpha value is -0.0400. The summed E-state index contributed by atoms with van der Waals surface area (Å²) in [4.78, 5) is 0. The minimum absolute atomic E-state index is 0.107. The molecule has 0 aromatic carbocycles. The maximum Gasteiger partial charge on any atom is 0.0824 e. The standard InChI is InChI=1S/C11H23O/c1-3-4-5-6-7-8-11(2)9-10-12/h11H,3-10H2,1-2H3. The van der Waals surface area contributed by atoms with E-state index in [1.54, 1.807) is 0 Å². The maximum absolute atomic E-state index is 10.3. The predicted molar refractivity (Wildman–Crippen MR) is 52.7 cm³/mol. The highest BCUT2D eigenvalue weighted by Gasteiger charge is 2.00. The van der Waals surface area contributed by atoms with Crippen molar-refractivity contribution in [2.24, 2.45) is 5.92 Å². The second-order valence-corrected chi connectivity index (χ2v) is 3.80. The van der Waals surface area contributed by atoms with Gasteiger partial charge in [-0.1, -0.05) is 52.4 Å². The molecular weight excluding hydrogens is 148 g/mol. The Bertz CT molecular complexity index is 81.1. The lowest BCUT2D eigenvalue weighted by molar-refractivity contribution is 0.170. The van der Waals surface area contributed by atoms with E-state index in [1.807, 2.05) is 0 Å². The summed E-state index contributed by atoms with van der Waals surface area (Å²) < 4.78 is 0. The van der Waals surface area contributed by atoms with Crippen LogP contribution in [0.5, 0.6) is 0 Å². The second-order valence-electron chi connectivity index (χ2n) is 3.80. The van der Waals surface area contributed by atoms with Crippen molar-refractivity contribution in [3.8, 4) is 0 Å². The van der Waals surface area contributed by atoms with Gasteiger partial charge in [0.25, 0.3) is 0 Å². The monoisotopic (exact) mass is 171 g/mol. The van der Waals surface area contributed by atoms with E-state index >= 15 is 0 Å². The Kier molecular flexibility index (Phi) is 9.02. The van der Waals surface area contributed by atoms with E-state index in [1.165, 1.54) is 38.5 Å². The van der Waals surface area contributed by atoms with Crippen molar-refractivity contribution >= 4 is 0 Å². The highest BCUT2D eigenvalue weighted by atomic mass is 16.2. The second kappa shape index (κ2) is 9.05. The third kappa shape index (κ3) is 8.06. The van der Waals surface area contributed by atoms with E-state index in [9.17, 15) is 5.11 Å². The number of hydrogen-bond acceptors (Lipinski definition) is 0. The third-order valence-electron chi connectivity index (χ3n) is 2.41. The van der Waals surface area contributed by atoms with Crippen molar-refractivity contribution in [2.75, 3.05) is 6.61 Å². The molecule has 0 aliphatic carbocycles. The van der Waals surface area contributed by atoms with Crippen LogP contribution in [0.2, 0.25) is 0 Å². The van der Waals surface area contributed by atoms with E-state index in [2.05, 4.69) is 13.8 Å². The third-order valence-corrected chi connectivity index (χ3v) is 2.41. The molecule has 0 saturated carbocycles. The summed E-state index contributed by atoms with van der Waals surface area (Å²) in [7, 11) is 0. The summed E-state index contributed by atoms with van der Waals surface area (Å²) >= 11 is 0. The SMILES string of the molecule is CCCCCCCC(C)CC[O]. The van der Waals surface area contributed by atoms with Gasteiger partial charge < -0.3 is 0 Å². The lowest BCUT2D eigenvalue weighted by Crippen LogP contribution is -1.96. The van der Waals surface area contributed by atoms with Crippen molar-refractivity contribution in [3.63, 3.8) is 0 Å². The zero-order valence-electron chi connectivity index (χ0n) is 8.64. The zero-order valence-corrected chi connectivity index (χ0v) is 8.64. The Morgan fingerprint density at radius 2 is 1.67 bits per heavy atom. The van der Waals surface area contributed by atoms with Crippen molar-refractivity contribution < 1.29 is 5.11 Å². The molecule has 73 valence electrons. The van der Waals surface area contributed by atoms with Crippen LogP contribution < -0.4 is 0 Å². The highest BCUT2D eigenvalue weighted by Crippen LogP contribution is 2.13. The van der Waals surface area contributed by atoms with Gasteiger partial charge in [0.05, 0.1) is 6.61 Å². The van der Waals surface area contributed by atoms with Crippen molar-refractivity contribution in [1.82, 2.24) is 0 Å². The van der Waals surface area contributed by atoms with Crippen molar-refractivity contribution in [2.45, 2.75) is 58.8 Å². The van der Waals surface area contributed by atoms with E-state index in [0.717, 1.165) is 6.42 Å². The van der Waals surface area contributed by atoms with Crippen LogP contribution in [0.4, 0.5) is 0 Å². The van der Waals surface area contributed by atoms with E-state index in [4.69, 9.17) is 0 Å². The van der Waals surface area contributed by atoms with Gasteiger partial charge in [0.15, 0.2) is 0 Å². The predicted octanol–water partition coefficient (Wildman–Crippen LogP) is 3.80. The van der Waals surface area contributed by atoms with Crippen molar-refractivity contribution in [3.05, 3.63) is 0 Å². The van der Waals surface area contributed by atoms with Gasteiger partial charge in [-0.05, 0) is 12.3 Å². The lowest BCUT2D eigenvalue weighted by Gasteiger charge is -2.07. The molecule has 0 N–H and O–H groups in total. The van der Waals surface area contributed by atoms with Crippen LogP contribution in [0.25, 0.3) is 0 Å². The van der Waals surface area contributed by atoms with Gasteiger partial charge in [0.1, 0.15) is 0 Å². The van der Waals surface area contributed by atoms with Gasteiger partial charge in [-0.25, -0.2) is 5.11 Å². The number of hydrogen-bond donors (Lipinski definition) is 0. The first-order valence-corrected chi connectivity index (χ1v) is 5.39. The molecule has 0 rings (SSSR count). The van der Waals surface area contributed by atoms with E-state index < -0.39 is 0 Å². The highest BCUT2D eigenvalue weighted by molar-refractivity contribution is 4.52. The average molecular weight is 171 g/mol. The van der Waals surface area contributed by atoms with Gasteiger partial charge in [0.2, 0.25) is 0 Å². The first-order valence-electron chi connectivity index (χ1n) is 5.39. The molecular formula is C11H23O. The fourth-order valence-electron chi connectivity index (χ4n) is 1.44. The topological polar surface area (TPSA) is 19.9 Å². The number of unbranched alkanes of at least 4 members (excludes halogenated alkanes) is 4. The van der Waals surface area contributed by atoms with E-state index in [-0.39, 0.29) is 6.61 Å². The molecule has 0 spiro atoms. The molecule has 0 fully saturated rings. The average Bonchev–Trinajstić information content (AvgIpc) is 2.05. The molecule has 0 heterocycles. The minimum Gasteiger partial charge on any atom is -0.237 e. The minimum atomic E-state index is 0.107. The molecule has 1 heteroatoms. The lowest BCUT2D eigenvalue weighted by atomic mass is 10.00. The summed E-state index contributed by atoms with van der Waals surface area (Å²) in [6, 6.07) is 0. The molecule has 0 bridgehead atoms. The summed E-state index contributed by atoms with van der Waals surface area (Å²) in [5.74, 6) is 0.657. The zero-order chi connectivity index (χ0) is 9.23. The Labute approximate surface area is 77.2 Å². The molecule has 1 unspecified atom stereocenters. The Morgan fingerprint density at radius 3 is 2.25 bits per heavy atom. The first kappa shape index (κ1) is 12.0. The molecule has 1 atom stereocenters. The molecule has 0 saturated heterocycles. The smallest absolute Gasteiger partial charge is 0.0824 e. The van der Waals surface area contributed by atoms with Gasteiger partial charge in [-0.3, -0.25) is 0 Å². The molecule has 0 aliphatic rings. The van der Waals surface area contributed by atoms with Crippen molar-refractivity contribution in [1.29, 1.82) is 0 Å². The maximum atomic E-state index is 10.3. The largest absolute Gasteiger partial charge is 0.237 e. The molecule has 0 amide bonds. The van der Waals surface area contributed by atoms with Gasteiger partial charge in [0, 0.05) is 0 Å². The molecule has 0 aromatic heterocycles. The first-order chi connectivity index (χ1) is 5.81. The molecule has 0 aromatic rings. The summed E-state index contributed by atoms with van der Waals surface area (Å²) in [5.41, 5.74) is 0. The summed E-state index contributed by atoms with van der Waals surface area (Å²) in [6.07, 6.45) is 8.87. The molecule has 12 heavy (non-hydrogen) atoms. The van der Waals surface area contributed by atoms with Crippen LogP contribution in [-0.2, 0) is 5.11 Å². The van der Waals surface area contributed by atoms with Crippen LogP contribution in [0, 0.1) is 5.92 Å². The quantitative estimate of drug-likeness (QED) is 0.495. The molecule has 0 aliphatic heterocycles. The van der Waals surface area contributed by atoms with Crippen LogP contribution in [0.15, 0.2) is 0 Å². The number of rotatable bonds is 8. The molecule has 1 radical (unpaired) electrons. The fourth-order valence-corrected chi connectivity index (χ4v) is 1.44. The van der Waals surface area contributed by atoms with Crippen LogP contribution in [0.1, 0.15) is 58.8 Å². The Morgan fingerprint density at radius 1 is 1.00 bits per heavy atom. The van der Waals surface area contributed by atoms with Gasteiger partial charge in [-0.15, -0.1) is 0 Å². The Balaban J connectivity index is 2.97. The van der Waals surface area contributed by atoms with Crippen LogP contribution in [-0.4, -0.2) is 6.61 Å².